The monoisotopic (exact) mass is 842 g/mol. The van der Waals surface area contributed by atoms with Crippen molar-refractivity contribution in [1.82, 2.24) is 5.32 Å². The SMILES string of the molecule is CC/C=C\C/C=C\C/C=C\C/C=C\C/C=C\C/C=C\C/C=C\CCCC(=O)NCCOP(=O)(O)OCC(O)COC(=O)CCCCCCC/C=C\C/C=C\CCCCC. The van der Waals surface area contributed by atoms with Gasteiger partial charge in [0.2, 0.25) is 5.91 Å². The number of carbonyl (C=O) groups excluding carboxylic acids is 2. The maximum absolute atomic E-state index is 12.1. The number of carbonyl (C=O) groups is 2. The molecule has 0 aliphatic rings. The highest BCUT2D eigenvalue weighted by Crippen LogP contribution is 2.42. The van der Waals surface area contributed by atoms with Crippen LogP contribution >= 0.6 is 7.82 Å². The van der Waals surface area contributed by atoms with Crippen molar-refractivity contribution < 1.29 is 37.9 Å². The van der Waals surface area contributed by atoms with Gasteiger partial charge in [-0.15, -0.1) is 0 Å². The van der Waals surface area contributed by atoms with Crippen LogP contribution in [-0.4, -0.2) is 54.3 Å². The van der Waals surface area contributed by atoms with Gasteiger partial charge in [0.1, 0.15) is 12.7 Å². The number of ether oxygens (including phenoxy) is 1. The molecule has 0 rings (SSSR count). The van der Waals surface area contributed by atoms with Gasteiger partial charge in [-0.3, -0.25) is 18.6 Å². The summed E-state index contributed by atoms with van der Waals surface area (Å²) in [6.45, 7) is 3.30. The molecule has 2 unspecified atom stereocenters. The molecule has 0 aromatic rings. The van der Waals surface area contributed by atoms with E-state index in [4.69, 9.17) is 13.8 Å². The van der Waals surface area contributed by atoms with Crippen molar-refractivity contribution >= 4 is 19.7 Å². The summed E-state index contributed by atoms with van der Waals surface area (Å²) in [5.74, 6) is -0.601. The van der Waals surface area contributed by atoms with Gasteiger partial charge in [0.05, 0.1) is 13.2 Å². The fourth-order valence-corrected chi connectivity index (χ4v) is 6.10. The second kappa shape index (κ2) is 44.2. The molecule has 0 radical (unpaired) electrons. The summed E-state index contributed by atoms with van der Waals surface area (Å²) in [7, 11) is -4.45. The molecule has 9 nitrogen and oxygen atoms in total. The summed E-state index contributed by atoms with van der Waals surface area (Å²) >= 11 is 0. The van der Waals surface area contributed by atoms with Crippen molar-refractivity contribution in [3.05, 3.63) is 109 Å². The van der Waals surface area contributed by atoms with Gasteiger partial charge in [-0.1, -0.05) is 155 Å². The van der Waals surface area contributed by atoms with Crippen LogP contribution in [0.3, 0.4) is 0 Å². The zero-order valence-corrected chi connectivity index (χ0v) is 37.5. The average molecular weight is 842 g/mol. The molecule has 0 saturated heterocycles. The van der Waals surface area contributed by atoms with Crippen LogP contribution in [0.15, 0.2) is 109 Å². The Kier molecular flexibility index (Phi) is 41.7. The van der Waals surface area contributed by atoms with Crippen molar-refractivity contribution in [1.29, 1.82) is 0 Å². The molecular formula is C49H80NO8P. The molecule has 0 fully saturated rings. The second-order valence-corrected chi connectivity index (χ2v) is 15.7. The highest BCUT2D eigenvalue weighted by atomic mass is 31.2. The Morgan fingerprint density at radius 2 is 0.983 bits per heavy atom. The number of nitrogens with one attached hydrogen (secondary N) is 1. The number of unbranched alkanes of at least 4 members (excludes halogenated alkanes) is 9. The minimum Gasteiger partial charge on any atom is -0.463 e. The fourth-order valence-electron chi connectivity index (χ4n) is 5.34. The van der Waals surface area contributed by atoms with E-state index in [0.717, 1.165) is 89.9 Å². The highest BCUT2D eigenvalue weighted by Gasteiger charge is 2.23. The van der Waals surface area contributed by atoms with E-state index in [1.54, 1.807) is 0 Å². The van der Waals surface area contributed by atoms with Gasteiger partial charge in [0.15, 0.2) is 0 Å². The molecule has 0 saturated carbocycles. The topological polar surface area (TPSA) is 131 Å². The molecule has 0 bridgehead atoms. The van der Waals surface area contributed by atoms with Gasteiger partial charge < -0.3 is 20.1 Å². The number of allylic oxidation sites excluding steroid dienone is 18. The molecule has 0 spiro atoms. The Bertz CT molecular complexity index is 1330. The molecule has 0 aromatic heterocycles. The number of aliphatic hydroxyl groups is 1. The zero-order valence-electron chi connectivity index (χ0n) is 36.6. The Labute approximate surface area is 358 Å². The van der Waals surface area contributed by atoms with Gasteiger partial charge >= 0.3 is 13.8 Å². The highest BCUT2D eigenvalue weighted by molar-refractivity contribution is 7.47. The van der Waals surface area contributed by atoms with Gasteiger partial charge in [-0.05, 0) is 96.3 Å². The lowest BCUT2D eigenvalue weighted by molar-refractivity contribution is -0.147. The van der Waals surface area contributed by atoms with Crippen LogP contribution in [0, 0.1) is 0 Å². The van der Waals surface area contributed by atoms with E-state index in [2.05, 4.69) is 129 Å². The van der Waals surface area contributed by atoms with Gasteiger partial charge in [0.25, 0.3) is 0 Å². The predicted octanol–water partition coefficient (Wildman–Crippen LogP) is 12.8. The molecule has 59 heavy (non-hydrogen) atoms. The molecule has 0 aliphatic heterocycles. The molecule has 2 atom stereocenters. The van der Waals surface area contributed by atoms with Gasteiger partial charge in [-0.25, -0.2) is 4.57 Å². The van der Waals surface area contributed by atoms with Crippen molar-refractivity contribution in [3.8, 4) is 0 Å². The first-order valence-electron chi connectivity index (χ1n) is 22.4. The smallest absolute Gasteiger partial charge is 0.463 e. The standard InChI is InChI=1S/C49H80NO8P/c1-3-5-7-9-11-13-15-17-19-20-21-22-23-24-25-26-28-29-31-33-35-37-39-41-48(52)50-43-44-57-59(54,55)58-46-47(51)45-56-49(53)42-40-38-36-34-32-30-27-18-16-14-12-10-8-6-4-2/h5,7,11-14,17-19,21-22,24-25,27-29,33,35,47,51H,3-4,6,8-10,15-16,20,23,26,30-32,34,36-46H2,1-2H3,(H,50,52)(H,54,55)/b7-5-,13-11-,14-12-,19-17-,22-21-,25-24-,27-18-,29-28-,35-33-. The number of phosphoric ester groups is 1. The number of esters is 1. The third-order valence-electron chi connectivity index (χ3n) is 8.69. The number of phosphoric acid groups is 1. The lowest BCUT2D eigenvalue weighted by Gasteiger charge is -2.15. The average Bonchev–Trinajstić information content (AvgIpc) is 3.22. The normalized spacial score (nSPS) is 14.3. The van der Waals surface area contributed by atoms with E-state index < -0.39 is 26.5 Å². The van der Waals surface area contributed by atoms with Crippen LogP contribution in [-0.2, 0) is 27.9 Å². The van der Waals surface area contributed by atoms with E-state index in [9.17, 15) is 24.2 Å². The van der Waals surface area contributed by atoms with Crippen LogP contribution in [0.2, 0.25) is 0 Å². The third kappa shape index (κ3) is 45.6. The van der Waals surface area contributed by atoms with Crippen molar-refractivity contribution in [2.24, 2.45) is 0 Å². The van der Waals surface area contributed by atoms with E-state index in [1.165, 1.54) is 25.7 Å². The van der Waals surface area contributed by atoms with Crippen molar-refractivity contribution in [2.45, 2.75) is 161 Å². The Morgan fingerprint density at radius 1 is 0.542 bits per heavy atom. The first-order chi connectivity index (χ1) is 28.8. The lowest BCUT2D eigenvalue weighted by atomic mass is 10.1. The Morgan fingerprint density at radius 3 is 1.49 bits per heavy atom. The van der Waals surface area contributed by atoms with Gasteiger partial charge in [-0.2, -0.15) is 0 Å². The van der Waals surface area contributed by atoms with Crippen LogP contribution < -0.4 is 5.32 Å². The number of hydrogen-bond donors (Lipinski definition) is 3. The molecule has 334 valence electrons. The predicted molar refractivity (Wildman–Crippen MR) is 247 cm³/mol. The Hall–Kier alpha value is -3.33. The first-order valence-corrected chi connectivity index (χ1v) is 23.9. The first kappa shape index (κ1) is 55.7. The van der Waals surface area contributed by atoms with Crippen LogP contribution in [0.4, 0.5) is 0 Å². The molecule has 3 N–H and O–H groups in total. The maximum Gasteiger partial charge on any atom is 0.472 e. The van der Waals surface area contributed by atoms with E-state index in [-0.39, 0.29) is 32.1 Å². The number of aliphatic hydroxyl groups excluding tert-OH is 1. The molecule has 0 heterocycles. The summed E-state index contributed by atoms with van der Waals surface area (Å²) in [4.78, 5) is 33.9. The van der Waals surface area contributed by atoms with E-state index in [1.807, 2.05) is 0 Å². The summed E-state index contributed by atoms with van der Waals surface area (Å²) < 4.78 is 26.8. The van der Waals surface area contributed by atoms with Gasteiger partial charge in [0, 0.05) is 19.4 Å². The molecule has 0 aliphatic carbocycles. The van der Waals surface area contributed by atoms with E-state index >= 15 is 0 Å². The largest absolute Gasteiger partial charge is 0.472 e. The molecular weight excluding hydrogens is 762 g/mol. The summed E-state index contributed by atoms with van der Waals surface area (Å²) in [6.07, 6.45) is 58.8. The molecule has 10 heteroatoms. The van der Waals surface area contributed by atoms with Crippen LogP contribution in [0.5, 0.6) is 0 Å². The summed E-state index contributed by atoms with van der Waals surface area (Å²) in [6, 6.07) is 0. The summed E-state index contributed by atoms with van der Waals surface area (Å²) in [5, 5.41) is 12.7. The van der Waals surface area contributed by atoms with Crippen LogP contribution in [0.25, 0.3) is 0 Å². The second-order valence-electron chi connectivity index (χ2n) is 14.3. The lowest BCUT2D eigenvalue weighted by Crippen LogP contribution is -2.27. The number of amides is 1. The molecule has 1 amide bonds. The minimum atomic E-state index is -4.45. The minimum absolute atomic E-state index is 0.0413. The van der Waals surface area contributed by atoms with E-state index in [0.29, 0.717) is 19.3 Å². The van der Waals surface area contributed by atoms with Crippen molar-refractivity contribution in [3.63, 3.8) is 0 Å². The molecule has 0 aromatic carbocycles. The zero-order chi connectivity index (χ0) is 43.2. The fraction of sp³-hybridized carbons (Fsp3) is 0.592. The van der Waals surface area contributed by atoms with Crippen LogP contribution in [0.1, 0.15) is 155 Å². The van der Waals surface area contributed by atoms with Crippen molar-refractivity contribution in [2.75, 3.05) is 26.4 Å². The number of hydrogen-bond acceptors (Lipinski definition) is 7. The quantitative estimate of drug-likeness (QED) is 0.0240. The third-order valence-corrected chi connectivity index (χ3v) is 9.67. The maximum atomic E-state index is 12.1. The number of rotatable bonds is 40. The Balaban J connectivity index is 3.75. The summed E-state index contributed by atoms with van der Waals surface area (Å²) in [5.41, 5.74) is 0.